The number of rotatable bonds is 7. The molecule has 0 aliphatic carbocycles. The van der Waals surface area contributed by atoms with E-state index in [2.05, 4.69) is 11.8 Å². The maximum atomic E-state index is 13.4. The van der Waals surface area contributed by atoms with E-state index in [1.807, 2.05) is 0 Å². The summed E-state index contributed by atoms with van der Waals surface area (Å²) in [6, 6.07) is 4.54. The Balaban J connectivity index is 2.41. The Bertz CT molecular complexity index is 951. The van der Waals surface area contributed by atoms with Crippen molar-refractivity contribution in [2.24, 2.45) is 5.73 Å². The quantitative estimate of drug-likeness (QED) is 0.313. The minimum Gasteiger partial charge on any atom is -0.481 e. The smallest absolute Gasteiger partial charge is 0.263 e. The van der Waals surface area contributed by atoms with Crippen molar-refractivity contribution >= 4 is 33.6 Å². The monoisotopic (exact) mass is 455 g/mol. The lowest BCUT2D eigenvalue weighted by atomic mass is 10.0. The Morgan fingerprint density at radius 1 is 1.37 bits per heavy atom. The lowest BCUT2D eigenvalue weighted by Crippen LogP contribution is -2.63. The Morgan fingerprint density at radius 3 is 2.53 bits per heavy atom. The predicted molar refractivity (Wildman–Crippen MR) is 112 cm³/mol. The molecule has 4 N–H and O–H groups in total. The number of sulfonamides is 1. The maximum Gasteiger partial charge on any atom is 0.263 e. The summed E-state index contributed by atoms with van der Waals surface area (Å²) in [4.78, 5) is 23.8. The molecular formula is C19H25N3O6S2. The van der Waals surface area contributed by atoms with Gasteiger partial charge in [0.05, 0.1) is 4.90 Å². The largest absolute Gasteiger partial charge is 0.481 e. The first-order valence-electron chi connectivity index (χ1n) is 9.07. The number of ether oxygens (including phenoxy) is 1. The SMILES string of the molecule is CC#CCOc1ccc(S(=O)(=O)N2C[C@H](CC(N)=O)SC(C)(C)C2C(=O)NO)cc1. The number of benzene rings is 1. The Kier molecular flexibility index (Phi) is 7.76. The van der Waals surface area contributed by atoms with Gasteiger partial charge in [-0.25, -0.2) is 13.9 Å². The molecular weight excluding hydrogens is 430 g/mol. The second kappa shape index (κ2) is 9.70. The van der Waals surface area contributed by atoms with Gasteiger partial charge in [0.15, 0.2) is 0 Å². The molecule has 11 heteroatoms. The van der Waals surface area contributed by atoms with Crippen LogP contribution in [-0.2, 0) is 19.6 Å². The standard InChI is InChI=1S/C19H25N3O6S2/c1-4-5-10-28-13-6-8-15(9-7-13)30(26,27)22-12-14(11-16(20)23)29-19(2,3)17(22)18(24)21-25/h6-9,14,17,25H,10-12H2,1-3H3,(H2,20,23)(H,21,24)/t14-,17?/m0/s1. The van der Waals surface area contributed by atoms with E-state index in [4.69, 9.17) is 10.5 Å². The number of hydrogen-bond donors (Lipinski definition) is 3. The van der Waals surface area contributed by atoms with Crippen LogP contribution in [0.5, 0.6) is 5.75 Å². The molecule has 2 atom stereocenters. The van der Waals surface area contributed by atoms with Gasteiger partial charge in [-0.05, 0) is 45.0 Å². The van der Waals surface area contributed by atoms with Gasteiger partial charge >= 0.3 is 0 Å². The predicted octanol–water partition coefficient (Wildman–Crippen LogP) is 0.723. The van der Waals surface area contributed by atoms with Crippen LogP contribution in [0.3, 0.4) is 0 Å². The molecule has 0 radical (unpaired) electrons. The van der Waals surface area contributed by atoms with Gasteiger partial charge in [-0.15, -0.1) is 17.7 Å². The lowest BCUT2D eigenvalue weighted by Gasteiger charge is -2.46. The summed E-state index contributed by atoms with van der Waals surface area (Å²) in [6.45, 7) is 5.11. The van der Waals surface area contributed by atoms with E-state index in [1.165, 1.54) is 36.0 Å². The molecule has 1 aromatic carbocycles. The zero-order valence-corrected chi connectivity index (χ0v) is 18.5. The molecule has 1 aliphatic rings. The van der Waals surface area contributed by atoms with E-state index in [9.17, 15) is 23.2 Å². The van der Waals surface area contributed by atoms with Crippen molar-refractivity contribution in [1.82, 2.24) is 9.79 Å². The molecule has 0 saturated carbocycles. The normalized spacial score (nSPS) is 21.2. The van der Waals surface area contributed by atoms with Crippen LogP contribution in [0.25, 0.3) is 0 Å². The molecule has 0 spiro atoms. The fourth-order valence-electron chi connectivity index (χ4n) is 3.29. The number of amides is 2. The summed E-state index contributed by atoms with van der Waals surface area (Å²) >= 11 is 1.29. The number of carbonyl (C=O) groups excluding carboxylic acids is 2. The summed E-state index contributed by atoms with van der Waals surface area (Å²) in [5, 5.41) is 8.75. The van der Waals surface area contributed by atoms with Crippen LogP contribution in [0.4, 0.5) is 0 Å². The van der Waals surface area contributed by atoms with E-state index in [0.717, 1.165) is 4.31 Å². The van der Waals surface area contributed by atoms with Crippen molar-refractivity contribution in [3.05, 3.63) is 24.3 Å². The number of carbonyl (C=O) groups is 2. The molecule has 30 heavy (non-hydrogen) atoms. The van der Waals surface area contributed by atoms with Crippen LogP contribution in [0.15, 0.2) is 29.2 Å². The zero-order chi connectivity index (χ0) is 22.5. The van der Waals surface area contributed by atoms with Crippen LogP contribution in [-0.4, -0.2) is 58.9 Å². The number of nitrogens with two attached hydrogens (primary N) is 1. The molecule has 1 saturated heterocycles. The van der Waals surface area contributed by atoms with Crippen LogP contribution < -0.4 is 16.0 Å². The summed E-state index contributed by atoms with van der Waals surface area (Å²) < 4.78 is 32.2. The van der Waals surface area contributed by atoms with Gasteiger partial charge in [-0.3, -0.25) is 14.8 Å². The first kappa shape index (κ1) is 24.0. The second-order valence-corrected chi connectivity index (χ2v) is 11.0. The van der Waals surface area contributed by atoms with Gasteiger partial charge in [0.25, 0.3) is 5.91 Å². The van der Waals surface area contributed by atoms with Crippen LogP contribution in [0.2, 0.25) is 0 Å². The van der Waals surface area contributed by atoms with Gasteiger partial charge < -0.3 is 10.5 Å². The molecule has 2 rings (SSSR count). The summed E-state index contributed by atoms with van der Waals surface area (Å²) in [7, 11) is -4.14. The van der Waals surface area contributed by atoms with Crippen molar-refractivity contribution < 1.29 is 28.0 Å². The summed E-state index contributed by atoms with van der Waals surface area (Å²) in [6.07, 6.45) is -0.0428. The highest BCUT2D eigenvalue weighted by molar-refractivity contribution is 8.01. The average Bonchev–Trinajstić information content (AvgIpc) is 2.66. The molecule has 1 fully saturated rings. The van der Waals surface area contributed by atoms with E-state index in [-0.39, 0.29) is 24.5 Å². The molecule has 1 unspecified atom stereocenters. The fraction of sp³-hybridized carbons (Fsp3) is 0.474. The van der Waals surface area contributed by atoms with Crippen LogP contribution in [0, 0.1) is 11.8 Å². The van der Waals surface area contributed by atoms with Crippen molar-refractivity contribution in [3.8, 4) is 17.6 Å². The lowest BCUT2D eigenvalue weighted by molar-refractivity contribution is -0.134. The minimum atomic E-state index is -4.14. The molecule has 0 bridgehead atoms. The van der Waals surface area contributed by atoms with E-state index >= 15 is 0 Å². The van der Waals surface area contributed by atoms with Gasteiger partial charge in [0.1, 0.15) is 18.4 Å². The van der Waals surface area contributed by atoms with E-state index in [0.29, 0.717) is 5.75 Å². The van der Waals surface area contributed by atoms with Gasteiger partial charge in [0, 0.05) is 23.0 Å². The Labute approximate surface area is 180 Å². The van der Waals surface area contributed by atoms with Gasteiger partial charge in [-0.1, -0.05) is 5.92 Å². The molecule has 164 valence electrons. The fourth-order valence-corrected chi connectivity index (χ4v) is 6.92. The molecule has 1 heterocycles. The Morgan fingerprint density at radius 2 is 2.00 bits per heavy atom. The highest BCUT2D eigenvalue weighted by Crippen LogP contribution is 2.43. The highest BCUT2D eigenvalue weighted by atomic mass is 32.2. The van der Waals surface area contributed by atoms with Crippen molar-refractivity contribution in [2.75, 3.05) is 13.2 Å². The highest BCUT2D eigenvalue weighted by Gasteiger charge is 2.51. The molecule has 2 amide bonds. The second-order valence-electron chi connectivity index (χ2n) is 7.15. The number of nitrogens with zero attached hydrogens (tertiary/aromatic N) is 1. The molecule has 9 nitrogen and oxygen atoms in total. The number of nitrogens with one attached hydrogen (secondary N) is 1. The van der Waals surface area contributed by atoms with Crippen molar-refractivity contribution in [3.63, 3.8) is 0 Å². The van der Waals surface area contributed by atoms with Gasteiger partial charge in [-0.2, -0.15) is 4.31 Å². The average molecular weight is 456 g/mol. The first-order chi connectivity index (χ1) is 14.0. The maximum absolute atomic E-state index is 13.4. The van der Waals surface area contributed by atoms with Crippen LogP contribution in [0.1, 0.15) is 27.2 Å². The van der Waals surface area contributed by atoms with Gasteiger partial charge in [0.2, 0.25) is 15.9 Å². The number of thioether (sulfide) groups is 1. The third kappa shape index (κ3) is 5.46. The molecule has 1 aliphatic heterocycles. The van der Waals surface area contributed by atoms with Crippen molar-refractivity contribution in [2.45, 2.75) is 48.1 Å². The molecule has 0 aromatic heterocycles. The zero-order valence-electron chi connectivity index (χ0n) is 16.9. The van der Waals surface area contributed by atoms with Crippen LogP contribution >= 0.6 is 11.8 Å². The van der Waals surface area contributed by atoms with Crippen molar-refractivity contribution in [1.29, 1.82) is 0 Å². The Hall–Kier alpha value is -2.26. The van der Waals surface area contributed by atoms with E-state index in [1.54, 1.807) is 26.3 Å². The number of hydrogen-bond acceptors (Lipinski definition) is 7. The minimum absolute atomic E-state index is 0.0428. The van der Waals surface area contributed by atoms with E-state index < -0.39 is 37.9 Å². The third-order valence-corrected chi connectivity index (χ3v) is 7.83. The topological polar surface area (TPSA) is 139 Å². The third-order valence-electron chi connectivity index (χ3n) is 4.51. The summed E-state index contributed by atoms with van der Waals surface area (Å²) in [5.74, 6) is 4.46. The number of primary amides is 1. The molecule has 1 aromatic rings. The first-order valence-corrected chi connectivity index (χ1v) is 11.4. The summed E-state index contributed by atoms with van der Waals surface area (Å²) in [5.41, 5.74) is 6.86. The number of hydroxylamine groups is 1.